The van der Waals surface area contributed by atoms with Crippen LogP contribution in [0.25, 0.3) is 0 Å². The molecule has 3 rings (SSSR count). The first-order chi connectivity index (χ1) is 12.0. The lowest BCUT2D eigenvalue weighted by molar-refractivity contribution is -0.138. The molecule has 2 saturated heterocycles. The van der Waals surface area contributed by atoms with Crippen molar-refractivity contribution in [2.75, 3.05) is 26.2 Å². The first kappa shape index (κ1) is 18.7. The molecule has 0 radical (unpaired) electrons. The Kier molecular flexibility index (Phi) is 6.37. The smallest absolute Gasteiger partial charge is 0.237 e. The number of hydrogen-bond acceptors (Lipinski definition) is 3. The van der Waals surface area contributed by atoms with Gasteiger partial charge in [-0.05, 0) is 70.8 Å². The Bertz CT molecular complexity index is 468. The van der Waals surface area contributed by atoms with Crippen LogP contribution in [0.15, 0.2) is 0 Å². The zero-order valence-electron chi connectivity index (χ0n) is 16.0. The standard InChI is InChI=1S/C20H35N3O2/c1-15-7-9-18(10-8-15)21-19(24)16(2)23-13-5-6-17(14-23)20(25)22-11-3-4-12-22/h15-18H,3-14H2,1-2H3,(H,21,24)/t15?,16-,17+,18?/m1/s1. The lowest BCUT2D eigenvalue weighted by Gasteiger charge is -2.37. The van der Waals surface area contributed by atoms with Crippen molar-refractivity contribution < 1.29 is 9.59 Å². The summed E-state index contributed by atoms with van der Waals surface area (Å²) in [6.45, 7) is 7.82. The fourth-order valence-electron chi connectivity index (χ4n) is 4.65. The van der Waals surface area contributed by atoms with E-state index in [0.717, 1.165) is 70.6 Å². The highest BCUT2D eigenvalue weighted by Gasteiger charge is 2.34. The van der Waals surface area contributed by atoms with Crippen molar-refractivity contribution in [3.63, 3.8) is 0 Å². The Morgan fingerprint density at radius 3 is 2.32 bits per heavy atom. The molecule has 0 aromatic rings. The number of hydrogen-bond donors (Lipinski definition) is 1. The van der Waals surface area contributed by atoms with E-state index in [2.05, 4.69) is 17.1 Å². The number of rotatable bonds is 4. The largest absolute Gasteiger partial charge is 0.352 e. The van der Waals surface area contributed by atoms with Crippen molar-refractivity contribution in [2.45, 2.75) is 77.3 Å². The molecule has 2 heterocycles. The minimum atomic E-state index is -0.131. The molecule has 1 saturated carbocycles. The maximum absolute atomic E-state index is 12.7. The summed E-state index contributed by atoms with van der Waals surface area (Å²) in [6.07, 6.45) is 8.92. The summed E-state index contributed by atoms with van der Waals surface area (Å²) >= 11 is 0. The van der Waals surface area contributed by atoms with Gasteiger partial charge in [-0.1, -0.05) is 6.92 Å². The van der Waals surface area contributed by atoms with E-state index in [4.69, 9.17) is 0 Å². The quantitative estimate of drug-likeness (QED) is 0.848. The zero-order valence-corrected chi connectivity index (χ0v) is 16.0. The van der Waals surface area contributed by atoms with Gasteiger partial charge in [0.2, 0.25) is 11.8 Å². The third-order valence-electron chi connectivity index (χ3n) is 6.51. The van der Waals surface area contributed by atoms with Crippen LogP contribution in [0.4, 0.5) is 0 Å². The van der Waals surface area contributed by atoms with Crippen molar-refractivity contribution in [1.29, 1.82) is 0 Å². The van der Waals surface area contributed by atoms with Crippen LogP contribution in [0, 0.1) is 11.8 Å². The van der Waals surface area contributed by atoms with E-state index in [9.17, 15) is 9.59 Å². The molecule has 0 unspecified atom stereocenters. The Morgan fingerprint density at radius 2 is 1.64 bits per heavy atom. The van der Waals surface area contributed by atoms with Crippen LogP contribution in [-0.2, 0) is 9.59 Å². The van der Waals surface area contributed by atoms with E-state index in [-0.39, 0.29) is 17.9 Å². The minimum Gasteiger partial charge on any atom is -0.352 e. The maximum Gasteiger partial charge on any atom is 0.237 e. The van der Waals surface area contributed by atoms with Gasteiger partial charge in [-0.2, -0.15) is 0 Å². The van der Waals surface area contributed by atoms with Crippen molar-refractivity contribution in [1.82, 2.24) is 15.1 Å². The SMILES string of the molecule is CC1CCC(NC(=O)[C@@H](C)N2CCC[C@H](C(=O)N3CCCC3)C2)CC1. The highest BCUT2D eigenvalue weighted by atomic mass is 16.2. The Balaban J connectivity index is 1.49. The minimum absolute atomic E-state index is 0.0811. The summed E-state index contributed by atoms with van der Waals surface area (Å²) in [5.41, 5.74) is 0. The van der Waals surface area contributed by atoms with Crippen LogP contribution < -0.4 is 5.32 Å². The number of likely N-dealkylation sites (tertiary alicyclic amines) is 2. The van der Waals surface area contributed by atoms with E-state index in [1.807, 2.05) is 11.8 Å². The van der Waals surface area contributed by atoms with Gasteiger partial charge in [0, 0.05) is 25.7 Å². The molecule has 1 aliphatic carbocycles. The molecule has 5 heteroatoms. The van der Waals surface area contributed by atoms with Gasteiger partial charge in [0.1, 0.15) is 0 Å². The first-order valence-electron chi connectivity index (χ1n) is 10.4. The van der Waals surface area contributed by atoms with E-state index >= 15 is 0 Å². The van der Waals surface area contributed by atoms with Gasteiger partial charge >= 0.3 is 0 Å². The van der Waals surface area contributed by atoms with Crippen LogP contribution in [0.1, 0.15) is 65.2 Å². The number of carbonyl (C=O) groups is 2. The monoisotopic (exact) mass is 349 g/mol. The number of carbonyl (C=O) groups excluding carboxylic acids is 2. The van der Waals surface area contributed by atoms with Gasteiger partial charge < -0.3 is 10.2 Å². The van der Waals surface area contributed by atoms with Gasteiger partial charge in [-0.25, -0.2) is 0 Å². The molecule has 3 fully saturated rings. The summed E-state index contributed by atoms with van der Waals surface area (Å²) in [5.74, 6) is 1.34. The second kappa shape index (κ2) is 8.52. The van der Waals surface area contributed by atoms with Gasteiger partial charge in [-0.3, -0.25) is 14.5 Å². The third-order valence-corrected chi connectivity index (χ3v) is 6.51. The van der Waals surface area contributed by atoms with Gasteiger partial charge in [0.25, 0.3) is 0 Å². The van der Waals surface area contributed by atoms with Crippen molar-refractivity contribution in [3.05, 3.63) is 0 Å². The molecule has 0 aromatic carbocycles. The molecule has 2 aliphatic heterocycles. The Morgan fingerprint density at radius 1 is 0.960 bits per heavy atom. The predicted octanol–water partition coefficient (Wildman–Crippen LogP) is 2.40. The summed E-state index contributed by atoms with van der Waals surface area (Å²) in [4.78, 5) is 29.6. The van der Waals surface area contributed by atoms with E-state index in [1.54, 1.807) is 0 Å². The first-order valence-corrected chi connectivity index (χ1v) is 10.4. The van der Waals surface area contributed by atoms with E-state index in [1.165, 1.54) is 12.8 Å². The highest BCUT2D eigenvalue weighted by molar-refractivity contribution is 5.82. The number of amides is 2. The molecule has 2 amide bonds. The van der Waals surface area contributed by atoms with Crippen molar-refractivity contribution in [3.8, 4) is 0 Å². The van der Waals surface area contributed by atoms with Gasteiger partial charge in [0.05, 0.1) is 12.0 Å². The fraction of sp³-hybridized carbons (Fsp3) is 0.900. The molecular weight excluding hydrogens is 314 g/mol. The van der Waals surface area contributed by atoms with Gasteiger partial charge in [0.15, 0.2) is 0 Å². The van der Waals surface area contributed by atoms with Crippen LogP contribution in [-0.4, -0.2) is 59.9 Å². The summed E-state index contributed by atoms with van der Waals surface area (Å²) in [6, 6.07) is 0.214. The topological polar surface area (TPSA) is 52.7 Å². The lowest BCUT2D eigenvalue weighted by atomic mass is 9.87. The average molecular weight is 350 g/mol. The number of piperidine rings is 1. The summed E-state index contributed by atoms with van der Waals surface area (Å²) in [7, 11) is 0. The van der Waals surface area contributed by atoms with E-state index in [0.29, 0.717) is 11.9 Å². The van der Waals surface area contributed by atoms with Crippen molar-refractivity contribution in [2.24, 2.45) is 11.8 Å². The Labute approximate surface area is 152 Å². The second-order valence-corrected chi connectivity index (χ2v) is 8.51. The molecule has 142 valence electrons. The second-order valence-electron chi connectivity index (χ2n) is 8.51. The van der Waals surface area contributed by atoms with E-state index < -0.39 is 0 Å². The van der Waals surface area contributed by atoms with Crippen LogP contribution in [0.5, 0.6) is 0 Å². The molecule has 0 bridgehead atoms. The molecular formula is C20H35N3O2. The Hall–Kier alpha value is -1.10. The van der Waals surface area contributed by atoms with Crippen LogP contribution >= 0.6 is 0 Å². The molecule has 0 spiro atoms. The van der Waals surface area contributed by atoms with Crippen molar-refractivity contribution >= 4 is 11.8 Å². The summed E-state index contributed by atoms with van der Waals surface area (Å²) < 4.78 is 0. The van der Waals surface area contributed by atoms with Gasteiger partial charge in [-0.15, -0.1) is 0 Å². The van der Waals surface area contributed by atoms with Crippen LogP contribution in [0.3, 0.4) is 0 Å². The molecule has 5 nitrogen and oxygen atoms in total. The van der Waals surface area contributed by atoms with Crippen LogP contribution in [0.2, 0.25) is 0 Å². The zero-order chi connectivity index (χ0) is 17.8. The molecule has 25 heavy (non-hydrogen) atoms. The molecule has 1 N–H and O–H groups in total. The number of nitrogens with one attached hydrogen (secondary N) is 1. The highest BCUT2D eigenvalue weighted by Crippen LogP contribution is 2.25. The fourth-order valence-corrected chi connectivity index (χ4v) is 4.65. The average Bonchev–Trinajstić information content (AvgIpc) is 3.17. The molecule has 3 aliphatic rings. The number of nitrogens with zero attached hydrogens (tertiary/aromatic N) is 2. The molecule has 2 atom stereocenters. The summed E-state index contributed by atoms with van der Waals surface area (Å²) in [5, 5.41) is 3.26. The predicted molar refractivity (Wildman–Crippen MR) is 99.1 cm³/mol. The maximum atomic E-state index is 12.7. The third kappa shape index (κ3) is 4.75. The molecule has 0 aromatic heterocycles. The normalized spacial score (nSPS) is 32.4. The lowest BCUT2D eigenvalue weighted by Crippen LogP contribution is -2.53.